The summed E-state index contributed by atoms with van der Waals surface area (Å²) < 4.78 is 26.2. The maximum Gasteiger partial charge on any atom is 0.126 e. The minimum Gasteiger partial charge on any atom is -0.295 e. The van der Waals surface area contributed by atoms with Crippen LogP contribution in [0.3, 0.4) is 0 Å². The molecule has 1 aliphatic rings. The highest BCUT2D eigenvalue weighted by Crippen LogP contribution is 2.26. The molecule has 1 aromatic carbocycles. The van der Waals surface area contributed by atoms with Crippen LogP contribution in [0.25, 0.3) is 0 Å². The zero-order valence-corrected chi connectivity index (χ0v) is 11.2. The minimum absolute atomic E-state index is 0.493. The summed E-state index contributed by atoms with van der Waals surface area (Å²) in [6.07, 6.45) is 3.66. The van der Waals surface area contributed by atoms with E-state index in [9.17, 15) is 8.78 Å². The van der Waals surface area contributed by atoms with Crippen molar-refractivity contribution in [2.24, 2.45) is 0 Å². The Balaban J connectivity index is 2.05. The van der Waals surface area contributed by atoms with Gasteiger partial charge in [0.2, 0.25) is 0 Å². The quantitative estimate of drug-likeness (QED) is 0.750. The van der Waals surface area contributed by atoms with Gasteiger partial charge in [0.15, 0.2) is 0 Å². The molecule has 0 radical (unpaired) electrons. The molecular weight excluding hydrogens is 288 g/mol. The van der Waals surface area contributed by atoms with E-state index in [1.165, 1.54) is 31.4 Å². The summed E-state index contributed by atoms with van der Waals surface area (Å²) in [5.41, 5.74) is 0.718. The molecule has 94 valence electrons. The Bertz CT molecular complexity index is 359. The third-order valence-electron chi connectivity index (χ3n) is 3.27. The van der Waals surface area contributed by atoms with Crippen LogP contribution in [0.5, 0.6) is 0 Å². The lowest BCUT2D eigenvalue weighted by Gasteiger charge is -2.37. The number of halogens is 3. The maximum absolute atomic E-state index is 13.1. The van der Waals surface area contributed by atoms with Crippen molar-refractivity contribution in [3.8, 4) is 0 Å². The predicted octanol–water partition coefficient (Wildman–Crippen LogP) is 3.71. The number of nitrogens with zero attached hydrogens (tertiary/aromatic N) is 1. The molecular formula is C13H16BrF2N. The first kappa shape index (κ1) is 13.0. The van der Waals surface area contributed by atoms with E-state index in [2.05, 4.69) is 20.8 Å². The second-order valence-electron chi connectivity index (χ2n) is 4.52. The fourth-order valence-corrected chi connectivity index (χ4v) is 2.64. The number of hydrogen-bond acceptors (Lipinski definition) is 1. The van der Waals surface area contributed by atoms with Crippen LogP contribution < -0.4 is 0 Å². The molecule has 1 saturated carbocycles. The van der Waals surface area contributed by atoms with Gasteiger partial charge in [-0.3, -0.25) is 4.90 Å². The van der Waals surface area contributed by atoms with Gasteiger partial charge in [-0.15, -0.1) is 0 Å². The normalized spacial score (nSPS) is 16.2. The Morgan fingerprint density at radius 3 is 2.29 bits per heavy atom. The molecule has 2 rings (SSSR count). The van der Waals surface area contributed by atoms with Gasteiger partial charge in [0.25, 0.3) is 0 Å². The lowest BCUT2D eigenvalue weighted by atomic mass is 9.91. The van der Waals surface area contributed by atoms with Crippen LogP contribution >= 0.6 is 15.9 Å². The van der Waals surface area contributed by atoms with Crippen molar-refractivity contribution >= 4 is 15.9 Å². The third-order valence-corrected chi connectivity index (χ3v) is 3.63. The molecule has 0 atom stereocenters. The van der Waals surface area contributed by atoms with Crippen molar-refractivity contribution in [1.82, 2.24) is 4.90 Å². The van der Waals surface area contributed by atoms with Crippen LogP contribution in [-0.4, -0.2) is 22.8 Å². The summed E-state index contributed by atoms with van der Waals surface area (Å²) in [7, 11) is 0. The summed E-state index contributed by atoms with van der Waals surface area (Å²) in [6.45, 7) is 1.55. The molecule has 1 aromatic rings. The predicted molar refractivity (Wildman–Crippen MR) is 68.2 cm³/mol. The summed E-state index contributed by atoms with van der Waals surface area (Å²) in [6, 6.07) is 4.34. The molecule has 0 aromatic heterocycles. The van der Waals surface area contributed by atoms with Gasteiger partial charge in [0, 0.05) is 30.5 Å². The van der Waals surface area contributed by atoms with Crippen molar-refractivity contribution < 1.29 is 8.78 Å². The van der Waals surface area contributed by atoms with E-state index in [0.717, 1.165) is 23.5 Å². The average Bonchev–Trinajstić information content (AvgIpc) is 2.13. The van der Waals surface area contributed by atoms with E-state index in [1.807, 2.05) is 0 Å². The third kappa shape index (κ3) is 3.49. The molecule has 17 heavy (non-hydrogen) atoms. The van der Waals surface area contributed by atoms with Crippen LogP contribution in [0, 0.1) is 11.6 Å². The van der Waals surface area contributed by atoms with Crippen molar-refractivity contribution in [3.63, 3.8) is 0 Å². The SMILES string of the molecule is Fc1cc(F)cc(CN(CCBr)C2CCC2)c1. The van der Waals surface area contributed by atoms with Crippen LogP contribution in [0.4, 0.5) is 8.78 Å². The fourth-order valence-electron chi connectivity index (χ4n) is 2.19. The smallest absolute Gasteiger partial charge is 0.126 e. The zero-order chi connectivity index (χ0) is 12.3. The van der Waals surface area contributed by atoms with E-state index < -0.39 is 11.6 Å². The molecule has 0 bridgehead atoms. The number of rotatable bonds is 5. The van der Waals surface area contributed by atoms with Gasteiger partial charge >= 0.3 is 0 Å². The molecule has 1 aliphatic carbocycles. The monoisotopic (exact) mass is 303 g/mol. The first-order chi connectivity index (χ1) is 8.19. The van der Waals surface area contributed by atoms with Gasteiger partial charge in [0.05, 0.1) is 0 Å². The lowest BCUT2D eigenvalue weighted by molar-refractivity contribution is 0.128. The van der Waals surface area contributed by atoms with Crippen LogP contribution in [0.1, 0.15) is 24.8 Å². The Kier molecular flexibility index (Phi) is 4.51. The highest BCUT2D eigenvalue weighted by atomic mass is 79.9. The maximum atomic E-state index is 13.1. The van der Waals surface area contributed by atoms with Gasteiger partial charge in [0.1, 0.15) is 11.6 Å². The van der Waals surface area contributed by atoms with Gasteiger partial charge in [-0.05, 0) is 30.5 Å². The van der Waals surface area contributed by atoms with Crippen LogP contribution in [0.2, 0.25) is 0 Å². The Labute approximate surface area is 109 Å². The van der Waals surface area contributed by atoms with Gasteiger partial charge in [-0.1, -0.05) is 22.4 Å². The molecule has 4 heteroatoms. The van der Waals surface area contributed by atoms with E-state index >= 15 is 0 Å². The topological polar surface area (TPSA) is 3.24 Å². The lowest BCUT2D eigenvalue weighted by Crippen LogP contribution is -2.40. The summed E-state index contributed by atoms with van der Waals surface area (Å²) >= 11 is 3.42. The molecule has 1 nitrogen and oxygen atoms in total. The average molecular weight is 304 g/mol. The van der Waals surface area contributed by atoms with E-state index in [-0.39, 0.29) is 0 Å². The van der Waals surface area contributed by atoms with Crippen molar-refractivity contribution in [3.05, 3.63) is 35.4 Å². The molecule has 0 N–H and O–H groups in total. The van der Waals surface area contributed by atoms with E-state index in [1.54, 1.807) is 0 Å². The van der Waals surface area contributed by atoms with Gasteiger partial charge in [-0.2, -0.15) is 0 Å². The Morgan fingerprint density at radius 2 is 1.82 bits per heavy atom. The summed E-state index contributed by atoms with van der Waals surface area (Å²) in [5, 5.41) is 0.890. The number of benzene rings is 1. The Morgan fingerprint density at radius 1 is 1.18 bits per heavy atom. The van der Waals surface area contributed by atoms with Gasteiger partial charge < -0.3 is 0 Å². The van der Waals surface area contributed by atoms with Crippen LogP contribution in [-0.2, 0) is 6.54 Å². The highest BCUT2D eigenvalue weighted by molar-refractivity contribution is 9.09. The van der Waals surface area contributed by atoms with E-state index in [0.29, 0.717) is 12.6 Å². The summed E-state index contributed by atoms with van der Waals surface area (Å²) in [4.78, 5) is 2.30. The second-order valence-corrected chi connectivity index (χ2v) is 5.31. The standard InChI is InChI=1S/C13H16BrF2N/c14-4-5-17(13-2-1-3-13)9-10-6-11(15)8-12(16)7-10/h6-8,13H,1-5,9H2. The summed E-state index contributed by atoms with van der Waals surface area (Å²) in [5.74, 6) is -0.986. The molecule has 0 aliphatic heterocycles. The van der Waals surface area contributed by atoms with Gasteiger partial charge in [-0.25, -0.2) is 8.78 Å². The van der Waals surface area contributed by atoms with Crippen LogP contribution in [0.15, 0.2) is 18.2 Å². The molecule has 1 fully saturated rings. The first-order valence-electron chi connectivity index (χ1n) is 5.94. The highest BCUT2D eigenvalue weighted by Gasteiger charge is 2.24. The minimum atomic E-state index is -0.493. The van der Waals surface area contributed by atoms with Crippen molar-refractivity contribution in [2.75, 3.05) is 11.9 Å². The van der Waals surface area contributed by atoms with Crippen molar-refractivity contribution in [1.29, 1.82) is 0 Å². The molecule has 0 unspecified atom stereocenters. The number of alkyl halides is 1. The van der Waals surface area contributed by atoms with Crippen molar-refractivity contribution in [2.45, 2.75) is 31.8 Å². The second kappa shape index (κ2) is 5.91. The zero-order valence-electron chi connectivity index (χ0n) is 9.63. The number of hydrogen-bond donors (Lipinski definition) is 0. The molecule has 0 spiro atoms. The first-order valence-corrected chi connectivity index (χ1v) is 7.06. The molecule has 0 amide bonds. The molecule has 0 heterocycles. The molecule has 0 saturated heterocycles. The Hall–Kier alpha value is -0.480. The fraction of sp³-hybridized carbons (Fsp3) is 0.538. The largest absolute Gasteiger partial charge is 0.295 e. The van der Waals surface area contributed by atoms with E-state index in [4.69, 9.17) is 0 Å².